The topological polar surface area (TPSA) is 81.1 Å². The summed E-state index contributed by atoms with van der Waals surface area (Å²) in [6, 6.07) is -1.31. The van der Waals surface area contributed by atoms with Gasteiger partial charge in [0.1, 0.15) is 6.04 Å². The van der Waals surface area contributed by atoms with Crippen molar-refractivity contribution in [3.05, 3.63) is 0 Å². The Labute approximate surface area is 114 Å². The number of rotatable bonds is 2. The van der Waals surface area contributed by atoms with Gasteiger partial charge in [-0.05, 0) is 12.3 Å². The Hall–Kier alpha value is -1.30. The first-order valence-corrected chi connectivity index (χ1v) is 6.50. The normalized spacial score (nSPS) is 25.3. The molecule has 19 heavy (non-hydrogen) atoms. The van der Waals surface area contributed by atoms with Crippen LogP contribution in [0.1, 0.15) is 34.1 Å². The average Bonchev–Trinajstić information content (AvgIpc) is 2.67. The van der Waals surface area contributed by atoms with Crippen molar-refractivity contribution < 1.29 is 19.8 Å². The quantitative estimate of drug-likeness (QED) is 0.785. The Morgan fingerprint density at radius 3 is 2.32 bits per heavy atom. The van der Waals surface area contributed by atoms with E-state index in [0.29, 0.717) is 0 Å². The van der Waals surface area contributed by atoms with Crippen LogP contribution < -0.4 is 0 Å². The number of likely N-dealkylation sites (tertiary alicyclic amines) is 1. The van der Waals surface area contributed by atoms with Crippen LogP contribution in [0.25, 0.3) is 0 Å². The molecule has 2 amide bonds. The molecule has 0 bridgehead atoms. The second-order valence-corrected chi connectivity index (χ2v) is 6.33. The number of nitrogens with zero attached hydrogens (tertiary/aromatic N) is 2. The van der Waals surface area contributed by atoms with Crippen molar-refractivity contribution in [2.75, 3.05) is 13.6 Å². The van der Waals surface area contributed by atoms with Gasteiger partial charge in [0.05, 0.1) is 6.10 Å². The van der Waals surface area contributed by atoms with E-state index in [9.17, 15) is 14.7 Å². The third-order valence-corrected chi connectivity index (χ3v) is 3.95. The highest BCUT2D eigenvalue weighted by Crippen LogP contribution is 2.26. The van der Waals surface area contributed by atoms with E-state index in [2.05, 4.69) is 0 Å². The molecule has 0 radical (unpaired) electrons. The van der Waals surface area contributed by atoms with E-state index >= 15 is 0 Å². The fourth-order valence-corrected chi connectivity index (χ4v) is 2.21. The largest absolute Gasteiger partial charge is 0.480 e. The van der Waals surface area contributed by atoms with Gasteiger partial charge in [-0.25, -0.2) is 9.59 Å². The summed E-state index contributed by atoms with van der Waals surface area (Å²) in [6.45, 7) is 8.08. The molecule has 110 valence electrons. The zero-order valence-corrected chi connectivity index (χ0v) is 12.3. The molecule has 3 atom stereocenters. The van der Waals surface area contributed by atoms with Crippen molar-refractivity contribution in [1.82, 2.24) is 9.80 Å². The predicted octanol–water partition coefficient (Wildman–Crippen LogP) is 0.993. The summed E-state index contributed by atoms with van der Waals surface area (Å²) >= 11 is 0. The van der Waals surface area contributed by atoms with E-state index in [-0.39, 0.29) is 30.5 Å². The molecule has 0 aliphatic carbocycles. The number of aliphatic hydroxyl groups excluding tert-OH is 1. The number of β-amino-alcohol motifs (C(OH)–C–C–N with tert-alkyl or cyclic N) is 1. The molecule has 1 heterocycles. The molecule has 1 saturated heterocycles. The lowest BCUT2D eigenvalue weighted by Crippen LogP contribution is -2.52. The monoisotopic (exact) mass is 272 g/mol. The Morgan fingerprint density at radius 1 is 1.37 bits per heavy atom. The molecule has 1 rings (SSSR count). The SMILES string of the molecule is CC(N(C)C(=O)N1CC(O)C[C@H]1C(=O)O)C(C)(C)C. The van der Waals surface area contributed by atoms with E-state index in [1.54, 1.807) is 11.9 Å². The number of carboxylic acid groups (broad SMARTS) is 1. The van der Waals surface area contributed by atoms with Crippen LogP contribution >= 0.6 is 0 Å². The number of hydrogen-bond acceptors (Lipinski definition) is 3. The fraction of sp³-hybridized carbons (Fsp3) is 0.846. The van der Waals surface area contributed by atoms with Crippen molar-refractivity contribution in [2.24, 2.45) is 5.41 Å². The molecular weight excluding hydrogens is 248 g/mol. The smallest absolute Gasteiger partial charge is 0.326 e. The third-order valence-electron chi connectivity index (χ3n) is 3.95. The number of urea groups is 1. The number of aliphatic hydroxyl groups is 1. The van der Waals surface area contributed by atoms with Gasteiger partial charge in [-0.15, -0.1) is 0 Å². The second-order valence-electron chi connectivity index (χ2n) is 6.33. The van der Waals surface area contributed by atoms with Gasteiger partial charge in [0.2, 0.25) is 0 Å². The van der Waals surface area contributed by atoms with Crippen molar-refractivity contribution in [3.63, 3.8) is 0 Å². The molecule has 0 aromatic carbocycles. The fourth-order valence-electron chi connectivity index (χ4n) is 2.21. The first kappa shape index (κ1) is 15.8. The highest BCUT2D eigenvalue weighted by atomic mass is 16.4. The lowest BCUT2D eigenvalue weighted by atomic mass is 9.87. The van der Waals surface area contributed by atoms with Crippen LogP contribution in [0.4, 0.5) is 4.79 Å². The molecule has 2 N–H and O–H groups in total. The molecular formula is C13H24N2O4. The van der Waals surface area contributed by atoms with Crippen LogP contribution in [0.5, 0.6) is 0 Å². The maximum Gasteiger partial charge on any atom is 0.326 e. The molecule has 0 aromatic rings. The van der Waals surface area contributed by atoms with Crippen molar-refractivity contribution in [3.8, 4) is 0 Å². The minimum atomic E-state index is -1.07. The zero-order chi connectivity index (χ0) is 15.0. The van der Waals surface area contributed by atoms with Crippen LogP contribution in [-0.4, -0.2) is 63.8 Å². The summed E-state index contributed by atoms with van der Waals surface area (Å²) in [5, 5.41) is 18.7. The summed E-state index contributed by atoms with van der Waals surface area (Å²) in [4.78, 5) is 26.3. The van der Waals surface area contributed by atoms with Gasteiger partial charge in [-0.1, -0.05) is 20.8 Å². The maximum atomic E-state index is 12.4. The first-order valence-electron chi connectivity index (χ1n) is 6.50. The third kappa shape index (κ3) is 3.37. The number of amides is 2. The van der Waals surface area contributed by atoms with Gasteiger partial charge in [-0.3, -0.25) is 0 Å². The zero-order valence-electron chi connectivity index (χ0n) is 12.3. The Morgan fingerprint density at radius 2 is 1.89 bits per heavy atom. The van der Waals surface area contributed by atoms with Gasteiger partial charge in [0.15, 0.2) is 0 Å². The Balaban J connectivity index is 2.84. The Kier molecular flexibility index (Phi) is 4.45. The molecule has 0 saturated carbocycles. The molecule has 6 nitrogen and oxygen atoms in total. The molecule has 6 heteroatoms. The summed E-state index contributed by atoms with van der Waals surface area (Å²) < 4.78 is 0. The number of carboxylic acids is 1. The van der Waals surface area contributed by atoms with Gasteiger partial charge in [-0.2, -0.15) is 0 Å². The molecule has 0 aromatic heterocycles. The van der Waals surface area contributed by atoms with E-state index in [1.165, 1.54) is 4.90 Å². The summed E-state index contributed by atoms with van der Waals surface area (Å²) in [7, 11) is 1.67. The molecule has 1 aliphatic rings. The highest BCUT2D eigenvalue weighted by Gasteiger charge is 2.41. The van der Waals surface area contributed by atoms with Gasteiger partial charge < -0.3 is 20.0 Å². The lowest BCUT2D eigenvalue weighted by Gasteiger charge is -2.38. The predicted molar refractivity (Wildman–Crippen MR) is 70.8 cm³/mol. The van der Waals surface area contributed by atoms with Gasteiger partial charge >= 0.3 is 12.0 Å². The maximum absolute atomic E-state index is 12.4. The second kappa shape index (κ2) is 5.36. The van der Waals surface area contributed by atoms with Crippen molar-refractivity contribution in [1.29, 1.82) is 0 Å². The number of aliphatic carboxylic acids is 1. The van der Waals surface area contributed by atoms with Crippen LogP contribution in [-0.2, 0) is 4.79 Å². The van der Waals surface area contributed by atoms with Crippen LogP contribution in [0.15, 0.2) is 0 Å². The number of hydrogen-bond donors (Lipinski definition) is 2. The molecule has 2 unspecified atom stereocenters. The minimum absolute atomic E-state index is 0.0350. The molecule has 0 spiro atoms. The summed E-state index contributed by atoms with van der Waals surface area (Å²) in [5.74, 6) is -1.07. The van der Waals surface area contributed by atoms with E-state index in [1.807, 2.05) is 27.7 Å². The van der Waals surface area contributed by atoms with Crippen LogP contribution in [0.3, 0.4) is 0 Å². The summed E-state index contributed by atoms with van der Waals surface area (Å²) in [6.07, 6.45) is -0.665. The van der Waals surface area contributed by atoms with Crippen LogP contribution in [0, 0.1) is 5.41 Å². The van der Waals surface area contributed by atoms with E-state index < -0.39 is 18.1 Å². The summed E-state index contributed by atoms with van der Waals surface area (Å²) in [5.41, 5.74) is -0.0958. The standard InChI is InChI=1S/C13H24N2O4/c1-8(13(2,3)4)14(5)12(19)15-7-9(16)6-10(15)11(17)18/h8-10,16H,6-7H2,1-5H3,(H,17,18)/t8?,9?,10-/m0/s1. The first-order chi connectivity index (χ1) is 8.55. The number of carbonyl (C=O) groups excluding carboxylic acids is 1. The minimum Gasteiger partial charge on any atom is -0.480 e. The number of carbonyl (C=O) groups is 2. The van der Waals surface area contributed by atoms with Crippen molar-refractivity contribution in [2.45, 2.75) is 52.3 Å². The average molecular weight is 272 g/mol. The van der Waals surface area contributed by atoms with Gasteiger partial charge in [0, 0.05) is 26.1 Å². The Bertz CT molecular complexity index is 364. The highest BCUT2D eigenvalue weighted by molar-refractivity contribution is 5.83. The molecule has 1 fully saturated rings. The lowest BCUT2D eigenvalue weighted by molar-refractivity contribution is -0.141. The van der Waals surface area contributed by atoms with E-state index in [0.717, 1.165) is 0 Å². The van der Waals surface area contributed by atoms with Crippen LogP contribution in [0.2, 0.25) is 0 Å². The van der Waals surface area contributed by atoms with Crippen molar-refractivity contribution >= 4 is 12.0 Å². The van der Waals surface area contributed by atoms with Gasteiger partial charge in [0.25, 0.3) is 0 Å². The molecule has 1 aliphatic heterocycles. The van der Waals surface area contributed by atoms with E-state index in [4.69, 9.17) is 5.11 Å².